The average molecular weight is 261 g/mol. The van der Waals surface area contributed by atoms with Crippen LogP contribution < -0.4 is 5.32 Å². The lowest BCUT2D eigenvalue weighted by molar-refractivity contribution is -0.139. The maximum atomic E-state index is 12.0. The Morgan fingerprint density at radius 2 is 1.88 bits per heavy atom. The van der Waals surface area contributed by atoms with Crippen molar-refractivity contribution in [1.82, 2.24) is 10.2 Å². The SMILES string of the molecule is CNCCC1CCN(C(=O)C2CCC2)CC1.Cl. The van der Waals surface area contributed by atoms with Crippen LogP contribution >= 0.6 is 12.4 Å². The fourth-order valence-electron chi connectivity index (χ4n) is 2.70. The van der Waals surface area contributed by atoms with E-state index < -0.39 is 0 Å². The molecule has 1 N–H and O–H groups in total. The first-order chi connectivity index (χ1) is 7.81. The summed E-state index contributed by atoms with van der Waals surface area (Å²) in [5.74, 6) is 1.66. The second kappa shape index (κ2) is 7.22. The highest BCUT2D eigenvalue weighted by Gasteiger charge is 2.31. The van der Waals surface area contributed by atoms with Crippen LogP contribution in [0.15, 0.2) is 0 Å². The van der Waals surface area contributed by atoms with Gasteiger partial charge in [-0.05, 0) is 51.6 Å². The van der Waals surface area contributed by atoms with E-state index >= 15 is 0 Å². The van der Waals surface area contributed by atoms with Crippen LogP contribution in [0.1, 0.15) is 38.5 Å². The van der Waals surface area contributed by atoms with Crippen molar-refractivity contribution in [1.29, 1.82) is 0 Å². The summed E-state index contributed by atoms with van der Waals surface area (Å²) >= 11 is 0. The van der Waals surface area contributed by atoms with E-state index in [1.54, 1.807) is 0 Å². The minimum atomic E-state index is 0. The van der Waals surface area contributed by atoms with Crippen molar-refractivity contribution < 1.29 is 4.79 Å². The predicted octanol–water partition coefficient (Wildman–Crippen LogP) is 2.06. The zero-order chi connectivity index (χ0) is 11.4. The highest BCUT2D eigenvalue weighted by atomic mass is 35.5. The number of rotatable bonds is 4. The van der Waals surface area contributed by atoms with Crippen molar-refractivity contribution in [2.75, 3.05) is 26.7 Å². The lowest BCUT2D eigenvalue weighted by atomic mass is 9.83. The van der Waals surface area contributed by atoms with Gasteiger partial charge in [-0.3, -0.25) is 4.79 Å². The summed E-state index contributed by atoms with van der Waals surface area (Å²) in [6.45, 7) is 3.12. The number of halogens is 1. The molecule has 1 heterocycles. The van der Waals surface area contributed by atoms with Gasteiger partial charge in [-0.1, -0.05) is 6.42 Å². The van der Waals surface area contributed by atoms with Crippen LogP contribution in [0, 0.1) is 11.8 Å². The zero-order valence-corrected chi connectivity index (χ0v) is 11.6. The van der Waals surface area contributed by atoms with E-state index in [1.807, 2.05) is 7.05 Å². The molecule has 1 saturated carbocycles. The fourth-order valence-corrected chi connectivity index (χ4v) is 2.70. The molecule has 0 aromatic rings. The van der Waals surface area contributed by atoms with Gasteiger partial charge in [0.1, 0.15) is 0 Å². The summed E-state index contributed by atoms with van der Waals surface area (Å²) in [6, 6.07) is 0. The predicted molar refractivity (Wildman–Crippen MR) is 72.4 cm³/mol. The van der Waals surface area contributed by atoms with Crippen LogP contribution in [0.3, 0.4) is 0 Å². The molecule has 0 radical (unpaired) electrons. The average Bonchev–Trinajstić information content (AvgIpc) is 2.24. The van der Waals surface area contributed by atoms with Gasteiger partial charge in [-0.15, -0.1) is 12.4 Å². The highest BCUT2D eigenvalue weighted by molar-refractivity contribution is 5.85. The highest BCUT2D eigenvalue weighted by Crippen LogP contribution is 2.30. The lowest BCUT2D eigenvalue weighted by Gasteiger charge is -2.36. The summed E-state index contributed by atoms with van der Waals surface area (Å²) < 4.78 is 0. The van der Waals surface area contributed by atoms with Gasteiger partial charge in [0.05, 0.1) is 0 Å². The number of likely N-dealkylation sites (tertiary alicyclic amines) is 1. The summed E-state index contributed by atoms with van der Waals surface area (Å²) in [6.07, 6.45) is 7.22. The largest absolute Gasteiger partial charge is 0.342 e. The molecule has 1 aliphatic carbocycles. The first-order valence-electron chi connectivity index (χ1n) is 6.74. The second-order valence-corrected chi connectivity index (χ2v) is 5.29. The Labute approximate surface area is 111 Å². The Morgan fingerprint density at radius 3 is 2.35 bits per heavy atom. The number of nitrogens with zero attached hydrogens (tertiary/aromatic N) is 1. The Kier molecular flexibility index (Phi) is 6.28. The van der Waals surface area contributed by atoms with Crippen molar-refractivity contribution in [3.8, 4) is 0 Å². The summed E-state index contributed by atoms with van der Waals surface area (Å²) in [5.41, 5.74) is 0. The monoisotopic (exact) mass is 260 g/mol. The van der Waals surface area contributed by atoms with Crippen LogP contribution in [-0.2, 0) is 4.79 Å². The normalized spacial score (nSPS) is 21.8. The molecule has 0 atom stereocenters. The molecular formula is C13H25ClN2O. The molecule has 100 valence electrons. The molecular weight excluding hydrogens is 236 g/mol. The maximum absolute atomic E-state index is 12.0. The number of hydrogen-bond donors (Lipinski definition) is 1. The number of hydrogen-bond acceptors (Lipinski definition) is 2. The Bertz CT molecular complexity index is 236. The van der Waals surface area contributed by atoms with Crippen LogP contribution in [0.2, 0.25) is 0 Å². The zero-order valence-electron chi connectivity index (χ0n) is 10.8. The standard InChI is InChI=1S/C13H24N2O.ClH/c1-14-8-5-11-6-9-15(10-7-11)13(16)12-3-2-4-12;/h11-12,14H,2-10H2,1H3;1H. The smallest absolute Gasteiger partial charge is 0.225 e. The second-order valence-electron chi connectivity index (χ2n) is 5.29. The Morgan fingerprint density at radius 1 is 1.24 bits per heavy atom. The first-order valence-corrected chi connectivity index (χ1v) is 6.74. The van der Waals surface area contributed by atoms with Gasteiger partial charge in [0.15, 0.2) is 0 Å². The van der Waals surface area contributed by atoms with Gasteiger partial charge in [-0.2, -0.15) is 0 Å². The van der Waals surface area contributed by atoms with Crippen LogP contribution in [0.25, 0.3) is 0 Å². The Hall–Kier alpha value is -0.280. The number of nitrogens with one attached hydrogen (secondary N) is 1. The molecule has 0 aromatic carbocycles. The quantitative estimate of drug-likeness (QED) is 0.839. The molecule has 2 rings (SSSR count). The number of piperidine rings is 1. The van der Waals surface area contributed by atoms with Crippen molar-refractivity contribution in [3.63, 3.8) is 0 Å². The maximum Gasteiger partial charge on any atom is 0.225 e. The minimum absolute atomic E-state index is 0. The molecule has 2 fully saturated rings. The summed E-state index contributed by atoms with van der Waals surface area (Å²) in [7, 11) is 2.01. The van der Waals surface area contributed by atoms with E-state index in [2.05, 4.69) is 10.2 Å². The first kappa shape index (κ1) is 14.8. The van der Waals surface area contributed by atoms with E-state index in [9.17, 15) is 4.79 Å². The van der Waals surface area contributed by atoms with Crippen molar-refractivity contribution in [2.24, 2.45) is 11.8 Å². The number of carbonyl (C=O) groups excluding carboxylic acids is 1. The molecule has 1 saturated heterocycles. The molecule has 1 aliphatic heterocycles. The van der Waals surface area contributed by atoms with E-state index in [-0.39, 0.29) is 12.4 Å². The third-order valence-corrected chi connectivity index (χ3v) is 4.18. The minimum Gasteiger partial charge on any atom is -0.342 e. The van der Waals surface area contributed by atoms with Gasteiger partial charge >= 0.3 is 0 Å². The topological polar surface area (TPSA) is 32.3 Å². The van der Waals surface area contributed by atoms with Gasteiger partial charge < -0.3 is 10.2 Å². The van der Waals surface area contributed by atoms with E-state index in [4.69, 9.17) is 0 Å². The van der Waals surface area contributed by atoms with Gasteiger partial charge in [0.25, 0.3) is 0 Å². The van der Waals surface area contributed by atoms with Crippen molar-refractivity contribution in [2.45, 2.75) is 38.5 Å². The van der Waals surface area contributed by atoms with Crippen molar-refractivity contribution >= 4 is 18.3 Å². The molecule has 0 spiro atoms. The Balaban J connectivity index is 0.00000144. The molecule has 0 aromatic heterocycles. The van der Waals surface area contributed by atoms with E-state index in [0.29, 0.717) is 11.8 Å². The molecule has 3 nitrogen and oxygen atoms in total. The van der Waals surface area contributed by atoms with Crippen LogP contribution in [0.4, 0.5) is 0 Å². The van der Waals surface area contributed by atoms with Crippen LogP contribution in [0.5, 0.6) is 0 Å². The summed E-state index contributed by atoms with van der Waals surface area (Å²) in [5, 5.41) is 3.20. The third kappa shape index (κ3) is 3.85. The molecule has 1 amide bonds. The fraction of sp³-hybridized carbons (Fsp3) is 0.923. The number of carbonyl (C=O) groups is 1. The number of amides is 1. The molecule has 0 unspecified atom stereocenters. The van der Waals surface area contributed by atoms with Crippen molar-refractivity contribution in [3.05, 3.63) is 0 Å². The van der Waals surface area contributed by atoms with Crippen LogP contribution in [-0.4, -0.2) is 37.5 Å². The van der Waals surface area contributed by atoms with Gasteiger partial charge in [0, 0.05) is 19.0 Å². The van der Waals surface area contributed by atoms with E-state index in [1.165, 1.54) is 25.7 Å². The molecule has 2 aliphatic rings. The molecule has 17 heavy (non-hydrogen) atoms. The summed E-state index contributed by atoms with van der Waals surface area (Å²) in [4.78, 5) is 14.1. The molecule has 4 heteroatoms. The van der Waals surface area contributed by atoms with Gasteiger partial charge in [-0.25, -0.2) is 0 Å². The van der Waals surface area contributed by atoms with Gasteiger partial charge in [0.2, 0.25) is 5.91 Å². The van der Waals surface area contributed by atoms with E-state index in [0.717, 1.165) is 38.4 Å². The molecule has 0 bridgehead atoms. The third-order valence-electron chi connectivity index (χ3n) is 4.18. The lowest BCUT2D eigenvalue weighted by Crippen LogP contribution is -2.43.